The summed E-state index contributed by atoms with van der Waals surface area (Å²) in [4.78, 5) is 38.1. The van der Waals surface area contributed by atoms with E-state index in [9.17, 15) is 14.0 Å². The molecule has 2 amide bonds. The molecular formula is C30H32FN7O2. The van der Waals surface area contributed by atoms with Gasteiger partial charge in [-0.15, -0.1) is 0 Å². The molecule has 10 heteroatoms. The van der Waals surface area contributed by atoms with Gasteiger partial charge in [0.1, 0.15) is 12.5 Å². The van der Waals surface area contributed by atoms with Crippen molar-refractivity contribution >= 4 is 28.4 Å². The van der Waals surface area contributed by atoms with Crippen LogP contribution in [-0.2, 0) is 22.7 Å². The zero-order valence-corrected chi connectivity index (χ0v) is 22.4. The normalized spacial score (nSPS) is 25.0. The van der Waals surface area contributed by atoms with Crippen molar-refractivity contribution in [1.29, 1.82) is 0 Å². The maximum absolute atomic E-state index is 14.0. The Hall–Kier alpha value is -3.92. The summed E-state index contributed by atoms with van der Waals surface area (Å²) in [5.41, 5.74) is 4.48. The molecule has 1 aromatic carbocycles. The van der Waals surface area contributed by atoms with Crippen molar-refractivity contribution in [1.82, 2.24) is 30.0 Å². The number of aromatic nitrogens is 5. The number of piperidine rings is 1. The second-order valence-corrected chi connectivity index (χ2v) is 11.7. The molecule has 3 aliphatic carbocycles. The van der Waals surface area contributed by atoms with Gasteiger partial charge in [0.05, 0.1) is 18.4 Å². The molecule has 0 radical (unpaired) electrons. The zero-order chi connectivity index (χ0) is 27.4. The Kier molecular flexibility index (Phi) is 6.03. The Morgan fingerprint density at radius 3 is 2.73 bits per heavy atom. The second-order valence-electron chi connectivity index (χ2n) is 11.7. The predicted molar refractivity (Wildman–Crippen MR) is 148 cm³/mol. The van der Waals surface area contributed by atoms with E-state index in [1.165, 1.54) is 11.1 Å². The van der Waals surface area contributed by atoms with Gasteiger partial charge in [-0.1, -0.05) is 12.1 Å². The number of anilines is 1. The number of H-pyrrole nitrogens is 1. The van der Waals surface area contributed by atoms with Crippen molar-refractivity contribution in [3.8, 4) is 11.4 Å². The molecule has 206 valence electrons. The Labute approximate surface area is 231 Å². The number of pyridine rings is 1. The molecule has 2 N–H and O–H groups in total. The SMILES string of the molecule is CC(NCc1cc2ccc(Cn3cnc(-c4cncc(N5C(=O)CCCC5=O)c4)n3)cc2[nH]1)C12CC(C1)[C@@H](F)C2. The van der Waals surface area contributed by atoms with Crippen LogP contribution in [0.15, 0.2) is 49.1 Å². The fourth-order valence-electron chi connectivity index (χ4n) is 6.80. The standard InChI is InChI=1S/C30H32FN7O2/c1-18(30-10-22(11-30)25(31)12-30)33-14-23-8-20-6-5-19(7-26(20)35-23)16-37-17-34-29(36-37)21-9-24(15-32-13-21)38-27(39)3-2-4-28(38)40/h5-9,13,15,17-18,22,25,33,35H,2-4,10-12,14,16H2,1H3/t18?,22?,25-,30?/m0/s1. The number of hydrogen-bond donors (Lipinski definition) is 2. The topological polar surface area (TPSA) is 109 Å². The van der Waals surface area contributed by atoms with Gasteiger partial charge in [0.2, 0.25) is 11.8 Å². The van der Waals surface area contributed by atoms with Crippen LogP contribution in [0.5, 0.6) is 0 Å². The van der Waals surface area contributed by atoms with E-state index >= 15 is 0 Å². The highest BCUT2D eigenvalue weighted by molar-refractivity contribution is 6.16. The third-order valence-corrected chi connectivity index (χ3v) is 9.11. The van der Waals surface area contributed by atoms with E-state index in [-0.39, 0.29) is 23.1 Å². The molecule has 40 heavy (non-hydrogen) atoms. The average molecular weight is 542 g/mol. The number of rotatable bonds is 8. The number of amides is 2. The molecule has 4 fully saturated rings. The van der Waals surface area contributed by atoms with Crippen LogP contribution < -0.4 is 10.2 Å². The van der Waals surface area contributed by atoms with E-state index in [4.69, 9.17) is 0 Å². The van der Waals surface area contributed by atoms with Crippen LogP contribution >= 0.6 is 0 Å². The Balaban J connectivity index is 1.02. The molecule has 0 spiro atoms. The summed E-state index contributed by atoms with van der Waals surface area (Å²) in [6.45, 7) is 3.46. The monoisotopic (exact) mass is 541 g/mol. The predicted octanol–water partition coefficient (Wildman–Crippen LogP) is 4.53. The van der Waals surface area contributed by atoms with Crippen LogP contribution in [-0.4, -0.2) is 48.8 Å². The van der Waals surface area contributed by atoms with Gasteiger partial charge in [0.25, 0.3) is 0 Å². The molecule has 4 aliphatic rings. The van der Waals surface area contributed by atoms with Gasteiger partial charge in [-0.05, 0) is 73.1 Å². The number of nitrogens with zero attached hydrogens (tertiary/aromatic N) is 5. The third-order valence-electron chi connectivity index (χ3n) is 9.11. The number of hydrogen-bond acceptors (Lipinski definition) is 6. The van der Waals surface area contributed by atoms with E-state index in [1.807, 2.05) is 0 Å². The van der Waals surface area contributed by atoms with Crippen LogP contribution in [0, 0.1) is 11.3 Å². The fraction of sp³-hybridized carbons (Fsp3) is 0.433. The van der Waals surface area contributed by atoms with Crippen LogP contribution in [0.3, 0.4) is 0 Å². The van der Waals surface area contributed by atoms with Gasteiger partial charge >= 0.3 is 0 Å². The zero-order valence-electron chi connectivity index (χ0n) is 22.4. The van der Waals surface area contributed by atoms with Crippen molar-refractivity contribution in [2.75, 3.05) is 4.90 Å². The summed E-state index contributed by atoms with van der Waals surface area (Å²) in [5, 5.41) is 9.40. The number of aromatic amines is 1. The summed E-state index contributed by atoms with van der Waals surface area (Å²) in [6.07, 6.45) is 8.24. The molecule has 2 atom stereocenters. The maximum atomic E-state index is 14.0. The van der Waals surface area contributed by atoms with Crippen LogP contribution in [0.4, 0.5) is 10.1 Å². The van der Waals surface area contributed by atoms with Gasteiger partial charge in [0.15, 0.2) is 5.82 Å². The lowest BCUT2D eigenvalue weighted by Gasteiger charge is -2.43. The second kappa shape index (κ2) is 9.62. The Morgan fingerprint density at radius 2 is 1.95 bits per heavy atom. The number of benzene rings is 1. The first-order chi connectivity index (χ1) is 19.4. The third kappa shape index (κ3) is 4.40. The van der Waals surface area contributed by atoms with Crippen molar-refractivity contribution in [3.05, 3.63) is 60.3 Å². The summed E-state index contributed by atoms with van der Waals surface area (Å²) < 4.78 is 15.8. The molecule has 1 saturated heterocycles. The van der Waals surface area contributed by atoms with Gasteiger partial charge in [0, 0.05) is 48.4 Å². The summed E-state index contributed by atoms with van der Waals surface area (Å²) in [7, 11) is 0. The lowest BCUT2D eigenvalue weighted by molar-refractivity contribution is -0.129. The Bertz CT molecular complexity index is 1590. The minimum atomic E-state index is -0.616. The first kappa shape index (κ1) is 25.1. The summed E-state index contributed by atoms with van der Waals surface area (Å²) in [5.74, 6) is 0.353. The number of fused-ring (bicyclic) bond motifs is 2. The first-order valence-electron chi connectivity index (χ1n) is 14.1. The largest absolute Gasteiger partial charge is 0.357 e. The number of nitrogens with one attached hydrogen (secondary N) is 2. The van der Waals surface area contributed by atoms with Gasteiger partial charge in [-0.3, -0.25) is 14.6 Å². The number of alkyl halides is 1. The number of imide groups is 1. The number of carbonyl (C=O) groups excluding carboxylic acids is 2. The highest BCUT2D eigenvalue weighted by Gasteiger charge is 2.58. The van der Waals surface area contributed by atoms with E-state index in [1.54, 1.807) is 23.3 Å². The van der Waals surface area contributed by atoms with Gasteiger partial charge < -0.3 is 10.3 Å². The van der Waals surface area contributed by atoms with Crippen LogP contribution in [0.2, 0.25) is 0 Å². The first-order valence-corrected chi connectivity index (χ1v) is 14.1. The van der Waals surface area contributed by atoms with E-state index in [0.29, 0.717) is 55.3 Å². The molecule has 8 rings (SSSR count). The summed E-state index contributed by atoms with van der Waals surface area (Å²) >= 11 is 0. The van der Waals surface area contributed by atoms with Gasteiger partial charge in [-0.2, -0.15) is 5.10 Å². The lowest BCUT2D eigenvalue weighted by atomic mass is 9.65. The molecule has 9 nitrogen and oxygen atoms in total. The molecule has 4 heterocycles. The molecule has 3 saturated carbocycles. The fourth-order valence-corrected chi connectivity index (χ4v) is 6.80. The van der Waals surface area contributed by atoms with E-state index < -0.39 is 6.17 Å². The Morgan fingerprint density at radius 1 is 1.12 bits per heavy atom. The summed E-state index contributed by atoms with van der Waals surface area (Å²) in [6, 6.07) is 10.5. The van der Waals surface area contributed by atoms with Crippen molar-refractivity contribution in [2.45, 2.75) is 70.8 Å². The number of halogens is 1. The van der Waals surface area contributed by atoms with Crippen molar-refractivity contribution in [3.63, 3.8) is 0 Å². The van der Waals surface area contributed by atoms with Crippen LogP contribution in [0.1, 0.15) is 56.7 Å². The molecule has 2 bridgehead atoms. The van der Waals surface area contributed by atoms with Crippen LogP contribution in [0.25, 0.3) is 22.3 Å². The molecule has 1 unspecified atom stereocenters. The van der Waals surface area contributed by atoms with Crippen molar-refractivity contribution in [2.24, 2.45) is 11.3 Å². The van der Waals surface area contributed by atoms with Crippen molar-refractivity contribution < 1.29 is 14.0 Å². The highest BCUT2D eigenvalue weighted by atomic mass is 19.1. The molecular weight excluding hydrogens is 509 g/mol. The smallest absolute Gasteiger partial charge is 0.233 e. The molecule has 4 aromatic rings. The lowest BCUT2D eigenvalue weighted by Crippen LogP contribution is -2.46. The minimum absolute atomic E-state index is 0.139. The maximum Gasteiger partial charge on any atom is 0.233 e. The number of carbonyl (C=O) groups is 2. The van der Waals surface area contributed by atoms with E-state index in [0.717, 1.165) is 41.5 Å². The molecule has 3 aromatic heterocycles. The molecule has 1 aliphatic heterocycles. The minimum Gasteiger partial charge on any atom is -0.357 e. The highest BCUT2D eigenvalue weighted by Crippen LogP contribution is 2.61. The quantitative estimate of drug-likeness (QED) is 0.317. The van der Waals surface area contributed by atoms with E-state index in [2.05, 4.69) is 56.6 Å². The average Bonchev–Trinajstić information content (AvgIpc) is 3.69. The van der Waals surface area contributed by atoms with Gasteiger partial charge in [-0.25, -0.2) is 19.0 Å².